The normalized spacial score (nSPS) is 27.2. The van der Waals surface area contributed by atoms with Crippen LogP contribution in [-0.2, 0) is 13.5 Å². The van der Waals surface area contributed by atoms with Crippen LogP contribution in [0, 0.1) is 0 Å². The topological polar surface area (TPSA) is 33.1 Å². The molecule has 4 nitrogen and oxygen atoms in total. The molecule has 1 spiro atoms. The van der Waals surface area contributed by atoms with Crippen molar-refractivity contribution in [1.29, 1.82) is 0 Å². The lowest BCUT2D eigenvalue weighted by molar-refractivity contribution is 0.0898. The largest absolute Gasteiger partial charge is 0.308 e. The van der Waals surface area contributed by atoms with E-state index in [9.17, 15) is 0 Å². The Hall–Kier alpha value is -0.870. The molecular formula is C15H26N4. The fraction of sp³-hybridized carbons (Fsp3) is 0.800. The fourth-order valence-electron chi connectivity index (χ4n) is 3.68. The Kier molecular flexibility index (Phi) is 3.63. The molecule has 1 saturated heterocycles. The number of rotatable bonds is 3. The summed E-state index contributed by atoms with van der Waals surface area (Å²) in [5.74, 6) is 0. The van der Waals surface area contributed by atoms with Crippen molar-refractivity contribution in [1.82, 2.24) is 20.0 Å². The van der Waals surface area contributed by atoms with E-state index in [0.717, 1.165) is 19.5 Å². The number of aryl methyl sites for hydroxylation is 1. The van der Waals surface area contributed by atoms with E-state index in [1.54, 1.807) is 0 Å². The van der Waals surface area contributed by atoms with Crippen molar-refractivity contribution in [3.05, 3.63) is 18.0 Å². The van der Waals surface area contributed by atoms with E-state index >= 15 is 0 Å². The second kappa shape index (κ2) is 5.25. The average Bonchev–Trinajstić information content (AvgIpc) is 3.01. The molecule has 1 saturated carbocycles. The molecular weight excluding hydrogens is 236 g/mol. The quantitative estimate of drug-likeness (QED) is 0.897. The minimum absolute atomic E-state index is 0.430. The highest BCUT2D eigenvalue weighted by Gasteiger charge is 2.39. The molecule has 1 aromatic rings. The lowest BCUT2D eigenvalue weighted by Crippen LogP contribution is -2.62. The molecule has 0 bridgehead atoms. The molecule has 1 aromatic heterocycles. The zero-order valence-corrected chi connectivity index (χ0v) is 12.2. The van der Waals surface area contributed by atoms with Gasteiger partial charge in [0.1, 0.15) is 0 Å². The molecule has 0 aromatic carbocycles. The van der Waals surface area contributed by atoms with Gasteiger partial charge in [0.05, 0.1) is 0 Å². The van der Waals surface area contributed by atoms with E-state index < -0.39 is 0 Å². The standard InChI is InChI=1S/C15H26N4/c1-13-11-16-15(7-3-4-8-15)12-19(13)10-6-14-5-9-17-18(14)2/h5,9,13,16H,3-4,6-8,10-12H2,1-2H3. The highest BCUT2D eigenvalue weighted by Crippen LogP contribution is 2.33. The van der Waals surface area contributed by atoms with Crippen LogP contribution in [-0.4, -0.2) is 45.9 Å². The van der Waals surface area contributed by atoms with E-state index in [-0.39, 0.29) is 0 Å². The molecule has 19 heavy (non-hydrogen) atoms. The van der Waals surface area contributed by atoms with Gasteiger partial charge in [-0.25, -0.2) is 0 Å². The van der Waals surface area contributed by atoms with Gasteiger partial charge in [0, 0.05) is 56.6 Å². The molecule has 0 amide bonds. The summed E-state index contributed by atoms with van der Waals surface area (Å²) in [5, 5.41) is 8.08. The molecule has 4 heteroatoms. The number of nitrogens with one attached hydrogen (secondary N) is 1. The Morgan fingerprint density at radius 1 is 1.42 bits per heavy atom. The Bertz CT molecular complexity index is 420. The molecule has 1 N–H and O–H groups in total. The molecule has 3 rings (SSSR count). The van der Waals surface area contributed by atoms with Gasteiger partial charge >= 0.3 is 0 Å². The van der Waals surface area contributed by atoms with Gasteiger partial charge in [-0.15, -0.1) is 0 Å². The van der Waals surface area contributed by atoms with Gasteiger partial charge in [0.15, 0.2) is 0 Å². The maximum absolute atomic E-state index is 4.26. The third-order valence-electron chi connectivity index (χ3n) is 5.04. The Morgan fingerprint density at radius 3 is 2.89 bits per heavy atom. The van der Waals surface area contributed by atoms with Crippen LogP contribution in [0.3, 0.4) is 0 Å². The summed E-state index contributed by atoms with van der Waals surface area (Å²) in [7, 11) is 2.04. The van der Waals surface area contributed by atoms with E-state index in [0.29, 0.717) is 11.6 Å². The van der Waals surface area contributed by atoms with Gasteiger partial charge in [0.2, 0.25) is 0 Å². The first-order chi connectivity index (χ1) is 9.19. The second-order valence-electron chi connectivity index (χ2n) is 6.38. The third kappa shape index (κ3) is 2.70. The molecule has 106 valence electrons. The van der Waals surface area contributed by atoms with Crippen LogP contribution < -0.4 is 5.32 Å². The first-order valence-electron chi connectivity index (χ1n) is 7.65. The zero-order valence-electron chi connectivity index (χ0n) is 12.2. The van der Waals surface area contributed by atoms with Gasteiger partial charge in [0.25, 0.3) is 0 Å². The molecule has 2 fully saturated rings. The van der Waals surface area contributed by atoms with Crippen molar-refractivity contribution in [2.75, 3.05) is 19.6 Å². The fourth-order valence-corrected chi connectivity index (χ4v) is 3.68. The first kappa shape index (κ1) is 13.1. The SMILES string of the molecule is CC1CNC2(CCCC2)CN1CCc1ccnn1C. The maximum atomic E-state index is 4.26. The number of hydrogen-bond donors (Lipinski definition) is 1. The highest BCUT2D eigenvalue weighted by molar-refractivity contribution is 5.03. The number of hydrogen-bond acceptors (Lipinski definition) is 3. The summed E-state index contributed by atoms with van der Waals surface area (Å²) in [5.41, 5.74) is 1.77. The van der Waals surface area contributed by atoms with E-state index in [4.69, 9.17) is 0 Å². The number of nitrogens with zero attached hydrogens (tertiary/aromatic N) is 3. The molecule has 2 aliphatic rings. The molecule has 1 atom stereocenters. The predicted octanol–water partition coefficient (Wildman–Crippen LogP) is 1.57. The molecule has 1 aliphatic heterocycles. The van der Waals surface area contributed by atoms with Crippen molar-refractivity contribution < 1.29 is 0 Å². The minimum Gasteiger partial charge on any atom is -0.308 e. The van der Waals surface area contributed by atoms with Crippen molar-refractivity contribution in [3.8, 4) is 0 Å². The smallest absolute Gasteiger partial charge is 0.0492 e. The highest BCUT2D eigenvalue weighted by atomic mass is 15.3. The van der Waals surface area contributed by atoms with E-state index in [1.165, 1.54) is 37.9 Å². The summed E-state index contributed by atoms with van der Waals surface area (Å²) in [6.07, 6.45) is 8.53. The predicted molar refractivity (Wildman–Crippen MR) is 77.1 cm³/mol. The van der Waals surface area contributed by atoms with Gasteiger partial charge in [-0.1, -0.05) is 12.8 Å². The second-order valence-corrected chi connectivity index (χ2v) is 6.38. The summed E-state index contributed by atoms with van der Waals surface area (Å²) >= 11 is 0. The van der Waals surface area contributed by atoms with Crippen molar-refractivity contribution in [2.24, 2.45) is 7.05 Å². The van der Waals surface area contributed by atoms with Crippen LogP contribution in [0.2, 0.25) is 0 Å². The van der Waals surface area contributed by atoms with Crippen LogP contribution >= 0.6 is 0 Å². The van der Waals surface area contributed by atoms with E-state index in [2.05, 4.69) is 28.3 Å². The number of aromatic nitrogens is 2. The minimum atomic E-state index is 0.430. The van der Waals surface area contributed by atoms with Crippen LogP contribution in [0.5, 0.6) is 0 Å². The molecule has 2 heterocycles. The van der Waals surface area contributed by atoms with Crippen molar-refractivity contribution >= 4 is 0 Å². The summed E-state index contributed by atoms with van der Waals surface area (Å²) in [6, 6.07) is 2.79. The monoisotopic (exact) mass is 262 g/mol. The summed E-state index contributed by atoms with van der Waals surface area (Å²) < 4.78 is 2.00. The summed E-state index contributed by atoms with van der Waals surface area (Å²) in [6.45, 7) is 5.87. The van der Waals surface area contributed by atoms with Gasteiger partial charge in [-0.2, -0.15) is 5.10 Å². The van der Waals surface area contributed by atoms with Crippen molar-refractivity contribution in [3.63, 3.8) is 0 Å². The van der Waals surface area contributed by atoms with Crippen LogP contribution in [0.25, 0.3) is 0 Å². The lowest BCUT2D eigenvalue weighted by atomic mass is 9.92. The first-order valence-corrected chi connectivity index (χ1v) is 7.65. The summed E-state index contributed by atoms with van der Waals surface area (Å²) in [4.78, 5) is 2.68. The Labute approximate surface area is 116 Å². The van der Waals surface area contributed by atoms with Gasteiger partial charge in [-0.3, -0.25) is 9.58 Å². The Balaban J connectivity index is 1.61. The van der Waals surface area contributed by atoms with Crippen LogP contribution in [0.15, 0.2) is 12.3 Å². The zero-order chi connectivity index (χ0) is 13.3. The van der Waals surface area contributed by atoms with Gasteiger partial charge in [-0.05, 0) is 25.8 Å². The van der Waals surface area contributed by atoms with E-state index in [1.807, 2.05) is 17.9 Å². The van der Waals surface area contributed by atoms with Crippen LogP contribution in [0.4, 0.5) is 0 Å². The molecule has 0 radical (unpaired) electrons. The van der Waals surface area contributed by atoms with Crippen LogP contribution in [0.1, 0.15) is 38.3 Å². The molecule has 1 unspecified atom stereocenters. The lowest BCUT2D eigenvalue weighted by Gasteiger charge is -2.45. The third-order valence-corrected chi connectivity index (χ3v) is 5.04. The van der Waals surface area contributed by atoms with Crippen molar-refractivity contribution in [2.45, 2.75) is 50.6 Å². The number of piperazine rings is 1. The van der Waals surface area contributed by atoms with Gasteiger partial charge < -0.3 is 5.32 Å². The average molecular weight is 262 g/mol. The maximum Gasteiger partial charge on any atom is 0.0492 e. The Morgan fingerprint density at radius 2 is 2.21 bits per heavy atom. The molecule has 1 aliphatic carbocycles.